The number of hydrogen-bond acceptors (Lipinski definition) is 4. The zero-order valence-corrected chi connectivity index (χ0v) is 16.9. The van der Waals surface area contributed by atoms with E-state index in [1.807, 2.05) is 32.9 Å². The van der Waals surface area contributed by atoms with Crippen molar-refractivity contribution in [2.45, 2.75) is 57.4 Å². The van der Waals surface area contributed by atoms with E-state index < -0.39 is 9.84 Å². The summed E-state index contributed by atoms with van der Waals surface area (Å²) in [5.41, 5.74) is 2.37. The van der Waals surface area contributed by atoms with Crippen LogP contribution < -0.4 is 0 Å². The molecule has 0 aliphatic rings. The predicted molar refractivity (Wildman–Crippen MR) is 101 cm³/mol. The van der Waals surface area contributed by atoms with Crippen molar-refractivity contribution in [1.82, 2.24) is 14.7 Å². The Morgan fingerprint density at radius 3 is 2.12 bits per heavy atom. The summed E-state index contributed by atoms with van der Waals surface area (Å²) in [6.45, 7) is 10.7. The molecular formula is C19H27N3O3S. The van der Waals surface area contributed by atoms with Crippen molar-refractivity contribution >= 4 is 15.9 Å². The van der Waals surface area contributed by atoms with Gasteiger partial charge in [-0.3, -0.25) is 0 Å². The molecule has 0 unspecified atom stereocenters. The van der Waals surface area contributed by atoms with Gasteiger partial charge in [-0.05, 0) is 50.8 Å². The number of amides is 1. The third kappa shape index (κ3) is 3.98. The van der Waals surface area contributed by atoms with Gasteiger partial charge in [0.05, 0.1) is 4.90 Å². The van der Waals surface area contributed by atoms with Gasteiger partial charge in [0.1, 0.15) is 0 Å². The Hall–Kier alpha value is -2.15. The zero-order chi connectivity index (χ0) is 19.5. The number of nitrogens with zero attached hydrogens (tertiary/aromatic N) is 3. The van der Waals surface area contributed by atoms with E-state index in [0.717, 1.165) is 23.1 Å². The Labute approximate surface area is 155 Å². The maximum Gasteiger partial charge on any atom is 0.344 e. The monoisotopic (exact) mass is 377 g/mol. The molecule has 0 radical (unpaired) electrons. The number of rotatable bonds is 6. The van der Waals surface area contributed by atoms with E-state index in [1.165, 1.54) is 12.3 Å². The molecule has 0 N–H and O–H groups in total. The second kappa shape index (κ2) is 8.03. The van der Waals surface area contributed by atoms with Crippen LogP contribution in [0, 0.1) is 20.8 Å². The van der Waals surface area contributed by atoms with Crippen LogP contribution in [0.5, 0.6) is 0 Å². The Kier molecular flexibility index (Phi) is 6.23. The molecule has 1 aromatic carbocycles. The third-order valence-corrected chi connectivity index (χ3v) is 6.12. The van der Waals surface area contributed by atoms with Crippen LogP contribution in [0.1, 0.15) is 43.4 Å². The molecule has 0 aliphatic carbocycles. The van der Waals surface area contributed by atoms with Crippen molar-refractivity contribution in [2.24, 2.45) is 0 Å². The fraction of sp³-hybridized carbons (Fsp3) is 0.474. The van der Waals surface area contributed by atoms with Crippen LogP contribution in [-0.4, -0.2) is 42.2 Å². The van der Waals surface area contributed by atoms with Gasteiger partial charge in [-0.15, -0.1) is 0 Å². The van der Waals surface area contributed by atoms with Crippen molar-refractivity contribution in [3.05, 3.63) is 41.1 Å². The minimum atomic E-state index is -3.78. The van der Waals surface area contributed by atoms with Gasteiger partial charge in [-0.2, -0.15) is 9.78 Å². The lowest BCUT2D eigenvalue weighted by atomic mass is 10.1. The highest BCUT2D eigenvalue weighted by Crippen LogP contribution is 2.27. The number of aryl methyl sites for hydroxylation is 3. The van der Waals surface area contributed by atoms with Gasteiger partial charge in [0.25, 0.3) is 0 Å². The summed E-state index contributed by atoms with van der Waals surface area (Å²) >= 11 is 0. The normalized spacial score (nSPS) is 11.6. The van der Waals surface area contributed by atoms with Crippen molar-refractivity contribution in [3.8, 4) is 0 Å². The SMILES string of the molecule is CCCN(CCC)C(=O)n1ccc(S(=O)(=O)c2c(C)cc(C)cc2C)n1. The van der Waals surface area contributed by atoms with Crippen LogP contribution in [0.4, 0.5) is 4.79 Å². The fourth-order valence-corrected chi connectivity index (χ4v) is 4.85. The van der Waals surface area contributed by atoms with Crippen LogP contribution in [0.25, 0.3) is 0 Å². The van der Waals surface area contributed by atoms with Crippen LogP contribution in [0.2, 0.25) is 0 Å². The van der Waals surface area contributed by atoms with Gasteiger partial charge >= 0.3 is 6.03 Å². The minimum Gasteiger partial charge on any atom is -0.323 e. The lowest BCUT2D eigenvalue weighted by molar-refractivity contribution is 0.196. The maximum atomic E-state index is 13.0. The smallest absolute Gasteiger partial charge is 0.323 e. The van der Waals surface area contributed by atoms with E-state index in [1.54, 1.807) is 18.7 Å². The van der Waals surface area contributed by atoms with Gasteiger partial charge < -0.3 is 4.90 Å². The molecule has 1 heterocycles. The maximum absolute atomic E-state index is 13.0. The number of aromatic nitrogens is 2. The molecule has 0 saturated carbocycles. The van der Waals surface area contributed by atoms with E-state index >= 15 is 0 Å². The summed E-state index contributed by atoms with van der Waals surface area (Å²) in [5.74, 6) is 0. The number of carbonyl (C=O) groups excluding carboxylic acids is 1. The van der Waals surface area contributed by atoms with Gasteiger partial charge in [-0.25, -0.2) is 13.2 Å². The van der Waals surface area contributed by atoms with Crippen LogP contribution in [-0.2, 0) is 9.84 Å². The molecule has 6 nitrogen and oxygen atoms in total. The summed E-state index contributed by atoms with van der Waals surface area (Å²) in [5, 5.41) is 3.98. The molecular weight excluding hydrogens is 350 g/mol. The molecule has 0 spiro atoms. The summed E-state index contributed by atoms with van der Waals surface area (Å²) in [6.07, 6.45) is 3.09. The largest absolute Gasteiger partial charge is 0.344 e. The van der Waals surface area contributed by atoms with E-state index in [9.17, 15) is 13.2 Å². The first kappa shape index (κ1) is 20.2. The first-order chi connectivity index (χ1) is 12.2. The summed E-state index contributed by atoms with van der Waals surface area (Å²) < 4.78 is 27.2. The quantitative estimate of drug-likeness (QED) is 0.769. The second-order valence-electron chi connectivity index (χ2n) is 6.60. The van der Waals surface area contributed by atoms with Crippen molar-refractivity contribution < 1.29 is 13.2 Å². The molecule has 0 saturated heterocycles. The summed E-state index contributed by atoms with van der Waals surface area (Å²) in [4.78, 5) is 14.6. The number of benzene rings is 1. The van der Waals surface area contributed by atoms with Crippen molar-refractivity contribution in [2.75, 3.05) is 13.1 Å². The van der Waals surface area contributed by atoms with Crippen LogP contribution in [0.3, 0.4) is 0 Å². The number of carbonyl (C=O) groups is 1. The molecule has 0 fully saturated rings. The molecule has 0 bridgehead atoms. The Balaban J connectivity index is 2.41. The third-order valence-electron chi connectivity index (χ3n) is 4.17. The first-order valence-corrected chi connectivity index (χ1v) is 10.4. The molecule has 142 valence electrons. The standard InChI is InChI=1S/C19H27N3O3S/c1-6-9-21(10-7-2)19(23)22-11-8-17(20-22)26(24,25)18-15(4)12-14(3)13-16(18)5/h8,11-13H,6-7,9-10H2,1-5H3. The summed E-state index contributed by atoms with van der Waals surface area (Å²) in [6, 6.07) is 4.77. The highest BCUT2D eigenvalue weighted by atomic mass is 32.2. The Bertz CT molecular complexity index is 871. The van der Waals surface area contributed by atoms with E-state index in [4.69, 9.17) is 0 Å². The zero-order valence-electron chi connectivity index (χ0n) is 16.1. The second-order valence-corrected chi connectivity index (χ2v) is 8.43. The Morgan fingerprint density at radius 1 is 1.08 bits per heavy atom. The van der Waals surface area contributed by atoms with E-state index in [0.29, 0.717) is 24.2 Å². The van der Waals surface area contributed by atoms with Crippen LogP contribution >= 0.6 is 0 Å². The molecule has 2 rings (SSSR count). The molecule has 26 heavy (non-hydrogen) atoms. The molecule has 1 aromatic heterocycles. The average Bonchev–Trinajstić information content (AvgIpc) is 3.03. The highest BCUT2D eigenvalue weighted by molar-refractivity contribution is 7.91. The highest BCUT2D eigenvalue weighted by Gasteiger charge is 2.26. The van der Waals surface area contributed by atoms with E-state index in [-0.39, 0.29) is 16.0 Å². The lowest BCUT2D eigenvalue weighted by Gasteiger charge is -2.20. The van der Waals surface area contributed by atoms with E-state index in [2.05, 4.69) is 5.10 Å². The predicted octanol–water partition coefficient (Wildman–Crippen LogP) is 3.73. The fourth-order valence-electron chi connectivity index (χ4n) is 3.24. The Morgan fingerprint density at radius 2 is 1.62 bits per heavy atom. The molecule has 7 heteroatoms. The topological polar surface area (TPSA) is 72.3 Å². The van der Waals surface area contributed by atoms with Crippen LogP contribution in [0.15, 0.2) is 34.3 Å². The minimum absolute atomic E-state index is 0.103. The van der Waals surface area contributed by atoms with Gasteiger partial charge in [0.15, 0.2) is 5.03 Å². The van der Waals surface area contributed by atoms with Crippen molar-refractivity contribution in [3.63, 3.8) is 0 Å². The first-order valence-electron chi connectivity index (χ1n) is 8.90. The molecule has 1 amide bonds. The van der Waals surface area contributed by atoms with Crippen molar-refractivity contribution in [1.29, 1.82) is 0 Å². The summed E-state index contributed by atoms with van der Waals surface area (Å²) in [7, 11) is -3.78. The molecule has 0 aliphatic heterocycles. The molecule has 2 aromatic rings. The average molecular weight is 378 g/mol. The van der Waals surface area contributed by atoms with Gasteiger partial charge in [0.2, 0.25) is 9.84 Å². The number of sulfone groups is 1. The van der Waals surface area contributed by atoms with Gasteiger partial charge in [0, 0.05) is 19.3 Å². The lowest BCUT2D eigenvalue weighted by Crippen LogP contribution is -2.36. The number of hydrogen-bond donors (Lipinski definition) is 0. The van der Waals surface area contributed by atoms with Gasteiger partial charge in [-0.1, -0.05) is 31.5 Å². The molecule has 0 atom stereocenters.